The van der Waals surface area contributed by atoms with Gasteiger partial charge in [0, 0.05) is 31.2 Å². The van der Waals surface area contributed by atoms with E-state index in [1.807, 2.05) is 34.9 Å². The van der Waals surface area contributed by atoms with Gasteiger partial charge < -0.3 is 19.9 Å². The summed E-state index contributed by atoms with van der Waals surface area (Å²) in [6.07, 6.45) is 5.17. The quantitative estimate of drug-likeness (QED) is 0.528. The molecule has 5 rings (SSSR count). The number of halogens is 3. The van der Waals surface area contributed by atoms with Crippen LogP contribution in [0, 0.1) is 11.6 Å². The predicted molar refractivity (Wildman–Crippen MR) is 136 cm³/mol. The second kappa shape index (κ2) is 11.5. The van der Waals surface area contributed by atoms with Crippen LogP contribution >= 0.6 is 12.4 Å². The Morgan fingerprint density at radius 3 is 2.61 bits per heavy atom. The molecule has 1 aromatic heterocycles. The molecule has 1 saturated carbocycles. The van der Waals surface area contributed by atoms with Gasteiger partial charge in [0.2, 0.25) is 0 Å². The van der Waals surface area contributed by atoms with Crippen molar-refractivity contribution in [1.29, 1.82) is 0 Å². The first-order chi connectivity index (χ1) is 17.0. The zero-order valence-electron chi connectivity index (χ0n) is 19.9. The second-order valence-corrected chi connectivity index (χ2v) is 9.44. The molecule has 1 aliphatic heterocycles. The van der Waals surface area contributed by atoms with Crippen molar-refractivity contribution in [2.24, 2.45) is 0 Å². The van der Waals surface area contributed by atoms with Gasteiger partial charge in [-0.1, -0.05) is 49.2 Å². The average Bonchev–Trinajstić information content (AvgIpc) is 3.32. The summed E-state index contributed by atoms with van der Waals surface area (Å²) in [5.41, 5.74) is 2.57. The lowest BCUT2D eigenvalue weighted by Gasteiger charge is -2.36. The Hall–Kier alpha value is -2.81. The highest BCUT2D eigenvalue weighted by Gasteiger charge is 2.34. The van der Waals surface area contributed by atoms with Gasteiger partial charge in [0.1, 0.15) is 0 Å². The molecule has 1 aliphatic carbocycles. The van der Waals surface area contributed by atoms with Crippen LogP contribution in [0.2, 0.25) is 0 Å². The van der Waals surface area contributed by atoms with Gasteiger partial charge >= 0.3 is 0 Å². The molecule has 3 aromatic rings. The summed E-state index contributed by atoms with van der Waals surface area (Å²) in [6, 6.07) is 13.2. The van der Waals surface area contributed by atoms with Crippen LogP contribution in [0.5, 0.6) is 0 Å². The average molecular weight is 517 g/mol. The number of carbonyl (C=O) groups is 1. The number of aromatic nitrogens is 2. The molecule has 2 aromatic carbocycles. The fourth-order valence-electron chi connectivity index (χ4n) is 5.35. The van der Waals surface area contributed by atoms with Crippen LogP contribution in [0.25, 0.3) is 11.3 Å². The summed E-state index contributed by atoms with van der Waals surface area (Å²) in [7, 11) is 0. The van der Waals surface area contributed by atoms with Gasteiger partial charge in [-0.15, -0.1) is 12.4 Å². The Balaban J connectivity index is 0.00000304. The summed E-state index contributed by atoms with van der Waals surface area (Å²) >= 11 is 0. The summed E-state index contributed by atoms with van der Waals surface area (Å²) in [5.74, 6) is -1.96. The molecule has 0 bridgehead atoms. The number of rotatable bonds is 5. The molecule has 3 atom stereocenters. The topological polar surface area (TPSA) is 70.4 Å². The molecular formula is C27H31ClF2N4O2. The molecule has 2 N–H and O–H groups in total. The number of aliphatic hydroxyl groups excluding tert-OH is 1. The van der Waals surface area contributed by atoms with Crippen molar-refractivity contribution < 1.29 is 18.7 Å². The van der Waals surface area contributed by atoms with Crippen molar-refractivity contribution in [3.63, 3.8) is 0 Å². The smallest absolute Gasteiger partial charge is 0.275 e. The SMILES string of the molecule is Cl.O=C(c1ncn([C@H]2CCCC[C@H]2O)c1-c1ccccc1)N1CCNCC1Cc1ccc(F)c(F)c1. The fourth-order valence-corrected chi connectivity index (χ4v) is 5.35. The van der Waals surface area contributed by atoms with E-state index in [2.05, 4.69) is 10.3 Å². The van der Waals surface area contributed by atoms with E-state index < -0.39 is 17.7 Å². The first-order valence-electron chi connectivity index (χ1n) is 12.3. The maximum Gasteiger partial charge on any atom is 0.275 e. The van der Waals surface area contributed by atoms with Crippen LogP contribution in [-0.2, 0) is 6.42 Å². The van der Waals surface area contributed by atoms with E-state index in [4.69, 9.17) is 0 Å². The van der Waals surface area contributed by atoms with Gasteiger partial charge in [-0.25, -0.2) is 13.8 Å². The number of nitrogens with zero attached hydrogens (tertiary/aromatic N) is 3. The number of hydrogen-bond donors (Lipinski definition) is 2. The molecule has 192 valence electrons. The van der Waals surface area contributed by atoms with Crippen LogP contribution < -0.4 is 5.32 Å². The maximum absolute atomic E-state index is 13.9. The first-order valence-corrected chi connectivity index (χ1v) is 12.3. The van der Waals surface area contributed by atoms with Gasteiger partial charge in [0.15, 0.2) is 17.3 Å². The lowest BCUT2D eigenvalue weighted by molar-refractivity contribution is 0.0628. The third-order valence-corrected chi connectivity index (χ3v) is 7.16. The zero-order chi connectivity index (χ0) is 24.4. The van der Waals surface area contributed by atoms with E-state index in [0.29, 0.717) is 43.0 Å². The van der Waals surface area contributed by atoms with Crippen molar-refractivity contribution in [3.8, 4) is 11.3 Å². The number of amides is 1. The standard InChI is InChI=1S/C27H30F2N4O2.ClH/c28-21-11-10-18(15-22(21)29)14-20-16-30-12-13-32(20)27(35)25-26(19-6-2-1-3-7-19)33(17-31-25)23-8-4-5-9-24(23)34;/h1-3,6-7,10-11,15,17,20,23-24,30,34H,4-5,8-9,12-14,16H2;1H/t20?,23-,24+;/m0./s1. The molecular weight excluding hydrogens is 486 g/mol. The molecule has 2 fully saturated rings. The molecule has 2 aliphatic rings. The van der Waals surface area contributed by atoms with Crippen molar-refractivity contribution >= 4 is 18.3 Å². The van der Waals surface area contributed by atoms with Gasteiger partial charge in [-0.3, -0.25) is 4.79 Å². The van der Waals surface area contributed by atoms with Crippen LogP contribution in [0.4, 0.5) is 8.78 Å². The lowest BCUT2D eigenvalue weighted by Crippen LogP contribution is -2.54. The Kier molecular flexibility index (Phi) is 8.39. The summed E-state index contributed by atoms with van der Waals surface area (Å²) in [6.45, 7) is 1.68. The number of nitrogens with one attached hydrogen (secondary N) is 1. The van der Waals surface area contributed by atoms with E-state index >= 15 is 0 Å². The Morgan fingerprint density at radius 1 is 1.08 bits per heavy atom. The van der Waals surface area contributed by atoms with Crippen LogP contribution in [0.3, 0.4) is 0 Å². The largest absolute Gasteiger partial charge is 0.391 e. The third-order valence-electron chi connectivity index (χ3n) is 7.16. The fraction of sp³-hybridized carbons (Fsp3) is 0.407. The minimum absolute atomic E-state index is 0. The van der Waals surface area contributed by atoms with E-state index in [1.54, 1.807) is 17.3 Å². The molecule has 6 nitrogen and oxygen atoms in total. The summed E-state index contributed by atoms with van der Waals surface area (Å²) < 4.78 is 29.2. The van der Waals surface area contributed by atoms with Crippen molar-refractivity contribution in [2.45, 2.75) is 50.3 Å². The Bertz CT molecular complexity index is 1190. The Morgan fingerprint density at radius 2 is 1.86 bits per heavy atom. The molecule has 1 amide bonds. The molecule has 0 radical (unpaired) electrons. The predicted octanol–water partition coefficient (Wildman–Crippen LogP) is 4.38. The highest BCUT2D eigenvalue weighted by atomic mass is 35.5. The van der Waals surface area contributed by atoms with Gasteiger partial charge in [-0.2, -0.15) is 0 Å². The number of carbonyl (C=O) groups excluding carboxylic acids is 1. The molecule has 1 unspecified atom stereocenters. The lowest BCUT2D eigenvalue weighted by atomic mass is 9.92. The molecule has 2 heterocycles. The summed E-state index contributed by atoms with van der Waals surface area (Å²) in [4.78, 5) is 20.3. The van der Waals surface area contributed by atoms with E-state index in [-0.39, 0.29) is 30.4 Å². The number of piperazine rings is 1. The van der Waals surface area contributed by atoms with E-state index in [1.165, 1.54) is 6.07 Å². The van der Waals surface area contributed by atoms with Gasteiger partial charge in [-0.05, 0) is 37.0 Å². The number of aliphatic hydroxyl groups is 1. The first kappa shape index (κ1) is 26.3. The van der Waals surface area contributed by atoms with Gasteiger partial charge in [0.05, 0.1) is 24.2 Å². The summed E-state index contributed by atoms with van der Waals surface area (Å²) in [5, 5.41) is 14.0. The van der Waals surface area contributed by atoms with E-state index in [0.717, 1.165) is 37.3 Å². The van der Waals surface area contributed by atoms with Crippen molar-refractivity contribution in [2.75, 3.05) is 19.6 Å². The minimum Gasteiger partial charge on any atom is -0.391 e. The van der Waals surface area contributed by atoms with Crippen LogP contribution in [-0.4, -0.2) is 57.2 Å². The monoisotopic (exact) mass is 516 g/mol. The van der Waals surface area contributed by atoms with Crippen molar-refractivity contribution in [3.05, 3.63) is 77.8 Å². The second-order valence-electron chi connectivity index (χ2n) is 9.44. The highest BCUT2D eigenvalue weighted by molar-refractivity contribution is 5.98. The maximum atomic E-state index is 13.9. The molecule has 1 saturated heterocycles. The number of benzene rings is 2. The normalized spacial score (nSPS) is 22.2. The molecule has 36 heavy (non-hydrogen) atoms. The Labute approximate surface area is 215 Å². The highest BCUT2D eigenvalue weighted by Crippen LogP contribution is 2.35. The van der Waals surface area contributed by atoms with E-state index in [9.17, 15) is 18.7 Å². The molecule has 0 spiro atoms. The number of hydrogen-bond acceptors (Lipinski definition) is 4. The number of imidazole rings is 1. The third kappa shape index (κ3) is 5.31. The zero-order valence-corrected chi connectivity index (χ0v) is 20.8. The van der Waals surface area contributed by atoms with Crippen LogP contribution in [0.1, 0.15) is 47.8 Å². The van der Waals surface area contributed by atoms with Gasteiger partial charge in [0.25, 0.3) is 5.91 Å². The molecule has 9 heteroatoms. The van der Waals surface area contributed by atoms with Crippen LogP contribution in [0.15, 0.2) is 54.9 Å². The van der Waals surface area contributed by atoms with Crippen molar-refractivity contribution in [1.82, 2.24) is 19.8 Å². The minimum atomic E-state index is -0.889.